The maximum Gasteiger partial charge on any atom is 0.272 e. The highest BCUT2D eigenvalue weighted by Gasteiger charge is 2.32. The van der Waals surface area contributed by atoms with Gasteiger partial charge in [-0.05, 0) is 53.7 Å². The van der Waals surface area contributed by atoms with Gasteiger partial charge in [0.05, 0.1) is 0 Å². The molecule has 1 atom stereocenters. The lowest BCUT2D eigenvalue weighted by atomic mass is 10.2. The largest absolute Gasteiger partial charge is 0.337 e. The van der Waals surface area contributed by atoms with Crippen molar-refractivity contribution >= 4 is 21.8 Å². The van der Waals surface area contributed by atoms with Crippen molar-refractivity contribution in [2.24, 2.45) is 5.92 Å². The van der Waals surface area contributed by atoms with Crippen LogP contribution in [0.15, 0.2) is 22.8 Å². The summed E-state index contributed by atoms with van der Waals surface area (Å²) in [7, 11) is 1.86. The standard InChI is InChI=1S/C12H15BrN2O/c1-8(9-3-4-9)15(2)12(16)11-6-5-10(13)7-14-11/h5-9H,3-4H2,1-2H3. The fraction of sp³-hybridized carbons (Fsp3) is 0.500. The molecule has 1 unspecified atom stereocenters. The number of rotatable bonds is 3. The van der Waals surface area contributed by atoms with Crippen molar-refractivity contribution in [1.29, 1.82) is 0 Å². The Morgan fingerprint density at radius 3 is 2.75 bits per heavy atom. The minimum Gasteiger partial charge on any atom is -0.337 e. The predicted molar refractivity (Wildman–Crippen MR) is 66.2 cm³/mol. The minimum absolute atomic E-state index is 0.00639. The zero-order chi connectivity index (χ0) is 11.7. The van der Waals surface area contributed by atoms with Gasteiger partial charge in [-0.1, -0.05) is 0 Å². The summed E-state index contributed by atoms with van der Waals surface area (Å²) in [6.07, 6.45) is 4.14. The van der Waals surface area contributed by atoms with E-state index in [0.29, 0.717) is 17.7 Å². The summed E-state index contributed by atoms with van der Waals surface area (Å²) in [6, 6.07) is 3.91. The first kappa shape index (κ1) is 11.6. The molecule has 0 saturated heterocycles. The highest BCUT2D eigenvalue weighted by atomic mass is 79.9. The second kappa shape index (κ2) is 4.53. The van der Waals surface area contributed by atoms with Gasteiger partial charge in [0.2, 0.25) is 0 Å². The molecule has 86 valence electrons. The fourth-order valence-electron chi connectivity index (χ4n) is 1.76. The van der Waals surface area contributed by atoms with Crippen LogP contribution in [0.5, 0.6) is 0 Å². The van der Waals surface area contributed by atoms with Gasteiger partial charge in [-0.2, -0.15) is 0 Å². The molecular formula is C12H15BrN2O. The van der Waals surface area contributed by atoms with E-state index in [2.05, 4.69) is 27.8 Å². The van der Waals surface area contributed by atoms with E-state index in [1.54, 1.807) is 17.2 Å². The SMILES string of the molecule is CC(C1CC1)N(C)C(=O)c1ccc(Br)cn1. The van der Waals surface area contributed by atoms with Crippen molar-refractivity contribution in [3.8, 4) is 0 Å². The third kappa shape index (κ3) is 2.43. The minimum atomic E-state index is 0.00639. The van der Waals surface area contributed by atoms with Crippen LogP contribution in [0.3, 0.4) is 0 Å². The van der Waals surface area contributed by atoms with Crippen LogP contribution in [0.4, 0.5) is 0 Å². The van der Waals surface area contributed by atoms with E-state index in [4.69, 9.17) is 0 Å². The summed E-state index contributed by atoms with van der Waals surface area (Å²) < 4.78 is 0.891. The molecule has 0 spiro atoms. The van der Waals surface area contributed by atoms with E-state index < -0.39 is 0 Å². The van der Waals surface area contributed by atoms with Crippen LogP contribution in [0.25, 0.3) is 0 Å². The number of hydrogen-bond acceptors (Lipinski definition) is 2. The van der Waals surface area contributed by atoms with E-state index >= 15 is 0 Å². The van der Waals surface area contributed by atoms with Crippen LogP contribution in [-0.4, -0.2) is 28.9 Å². The lowest BCUT2D eigenvalue weighted by molar-refractivity contribution is 0.0721. The first-order chi connectivity index (χ1) is 7.59. The van der Waals surface area contributed by atoms with Gasteiger partial charge in [0.25, 0.3) is 5.91 Å². The molecule has 1 saturated carbocycles. The van der Waals surface area contributed by atoms with Crippen molar-refractivity contribution in [1.82, 2.24) is 9.88 Å². The summed E-state index contributed by atoms with van der Waals surface area (Å²) in [5.74, 6) is 0.691. The number of halogens is 1. The van der Waals surface area contributed by atoms with Crippen molar-refractivity contribution in [3.05, 3.63) is 28.5 Å². The Morgan fingerprint density at radius 2 is 2.25 bits per heavy atom. The first-order valence-corrected chi connectivity index (χ1v) is 6.27. The molecule has 3 nitrogen and oxygen atoms in total. The second-order valence-corrected chi connectivity index (χ2v) is 5.27. The number of aromatic nitrogens is 1. The van der Waals surface area contributed by atoms with Gasteiger partial charge in [-0.15, -0.1) is 0 Å². The quantitative estimate of drug-likeness (QED) is 0.854. The molecule has 2 rings (SSSR count). The Morgan fingerprint density at radius 1 is 1.56 bits per heavy atom. The molecule has 0 radical (unpaired) electrons. The second-order valence-electron chi connectivity index (χ2n) is 4.36. The van der Waals surface area contributed by atoms with Crippen LogP contribution >= 0.6 is 15.9 Å². The molecule has 0 bridgehead atoms. The zero-order valence-corrected chi connectivity index (χ0v) is 11.1. The average molecular weight is 283 g/mol. The van der Waals surface area contributed by atoms with Crippen LogP contribution in [0.1, 0.15) is 30.3 Å². The fourth-order valence-corrected chi connectivity index (χ4v) is 2.00. The molecule has 1 aliphatic rings. The summed E-state index contributed by atoms with van der Waals surface area (Å²) in [6.45, 7) is 2.11. The van der Waals surface area contributed by atoms with E-state index in [0.717, 1.165) is 4.47 Å². The molecule has 16 heavy (non-hydrogen) atoms. The Balaban J connectivity index is 2.08. The van der Waals surface area contributed by atoms with E-state index in [1.165, 1.54) is 12.8 Å². The molecular weight excluding hydrogens is 268 g/mol. The Hall–Kier alpha value is -0.900. The summed E-state index contributed by atoms with van der Waals surface area (Å²) in [4.78, 5) is 18.0. The number of carbonyl (C=O) groups is 1. The number of pyridine rings is 1. The van der Waals surface area contributed by atoms with Crippen LogP contribution in [0, 0.1) is 5.92 Å². The van der Waals surface area contributed by atoms with Gasteiger partial charge in [-0.3, -0.25) is 4.79 Å². The van der Waals surface area contributed by atoms with E-state index in [1.807, 2.05) is 13.1 Å². The number of carbonyl (C=O) groups excluding carboxylic acids is 1. The Labute approximate surface area is 104 Å². The molecule has 0 aromatic carbocycles. The van der Waals surface area contributed by atoms with Gasteiger partial charge in [0.15, 0.2) is 0 Å². The molecule has 1 heterocycles. The number of nitrogens with zero attached hydrogens (tertiary/aromatic N) is 2. The number of amides is 1. The molecule has 1 amide bonds. The number of hydrogen-bond donors (Lipinski definition) is 0. The van der Waals surface area contributed by atoms with Crippen LogP contribution < -0.4 is 0 Å². The van der Waals surface area contributed by atoms with Crippen molar-refractivity contribution in [2.45, 2.75) is 25.8 Å². The van der Waals surface area contributed by atoms with Crippen molar-refractivity contribution < 1.29 is 4.79 Å². The third-order valence-corrected chi connectivity index (χ3v) is 3.65. The van der Waals surface area contributed by atoms with Crippen LogP contribution in [-0.2, 0) is 0 Å². The Kier molecular flexibility index (Phi) is 3.28. The highest BCUT2D eigenvalue weighted by molar-refractivity contribution is 9.10. The zero-order valence-electron chi connectivity index (χ0n) is 9.48. The maximum atomic E-state index is 12.1. The van der Waals surface area contributed by atoms with Crippen molar-refractivity contribution in [2.75, 3.05) is 7.05 Å². The lowest BCUT2D eigenvalue weighted by Crippen LogP contribution is -2.36. The molecule has 1 aromatic rings. The molecule has 4 heteroatoms. The molecule has 0 aliphatic heterocycles. The van der Waals surface area contributed by atoms with Gasteiger partial charge in [-0.25, -0.2) is 4.98 Å². The first-order valence-electron chi connectivity index (χ1n) is 5.48. The predicted octanol–water partition coefficient (Wildman–Crippen LogP) is 2.71. The Bertz CT molecular complexity index is 387. The van der Waals surface area contributed by atoms with Crippen LogP contribution in [0.2, 0.25) is 0 Å². The van der Waals surface area contributed by atoms with Crippen molar-refractivity contribution in [3.63, 3.8) is 0 Å². The molecule has 1 aromatic heterocycles. The summed E-state index contributed by atoms with van der Waals surface area (Å²) >= 11 is 3.31. The van der Waals surface area contributed by atoms with Gasteiger partial charge in [0, 0.05) is 23.8 Å². The summed E-state index contributed by atoms with van der Waals surface area (Å²) in [5.41, 5.74) is 0.512. The van der Waals surface area contributed by atoms with Gasteiger partial charge < -0.3 is 4.90 Å². The molecule has 0 N–H and O–H groups in total. The summed E-state index contributed by atoms with van der Waals surface area (Å²) in [5, 5.41) is 0. The maximum absolute atomic E-state index is 12.1. The van der Waals surface area contributed by atoms with E-state index in [-0.39, 0.29) is 5.91 Å². The van der Waals surface area contributed by atoms with E-state index in [9.17, 15) is 4.79 Å². The topological polar surface area (TPSA) is 33.2 Å². The third-order valence-electron chi connectivity index (χ3n) is 3.18. The normalized spacial score (nSPS) is 16.9. The highest BCUT2D eigenvalue weighted by Crippen LogP contribution is 2.34. The average Bonchev–Trinajstić information content (AvgIpc) is 3.11. The molecule has 1 fully saturated rings. The monoisotopic (exact) mass is 282 g/mol. The van der Waals surface area contributed by atoms with Gasteiger partial charge in [0.1, 0.15) is 5.69 Å². The van der Waals surface area contributed by atoms with Gasteiger partial charge >= 0.3 is 0 Å². The molecule has 1 aliphatic carbocycles. The lowest BCUT2D eigenvalue weighted by Gasteiger charge is -2.24. The smallest absolute Gasteiger partial charge is 0.272 e.